The highest BCUT2D eigenvalue weighted by Crippen LogP contribution is 2.13. The molecule has 1 nitrogen and oxygen atoms in total. The van der Waals surface area contributed by atoms with Gasteiger partial charge < -0.3 is 0 Å². The van der Waals surface area contributed by atoms with Gasteiger partial charge in [0.2, 0.25) is 0 Å². The van der Waals surface area contributed by atoms with E-state index in [1.54, 1.807) is 0 Å². The molecule has 0 bridgehead atoms. The minimum Gasteiger partial charge on any atom is -0.198 e. The van der Waals surface area contributed by atoms with Crippen molar-refractivity contribution in [1.29, 1.82) is 5.26 Å². The van der Waals surface area contributed by atoms with Crippen LogP contribution in [0.3, 0.4) is 0 Å². The van der Waals surface area contributed by atoms with Crippen LogP contribution in [0.15, 0.2) is 12.2 Å². The molecule has 0 heterocycles. The lowest BCUT2D eigenvalue weighted by Crippen LogP contribution is -1.83. The van der Waals surface area contributed by atoms with Crippen LogP contribution >= 0.6 is 0 Å². The smallest absolute Gasteiger partial charge is 0.0621 e. The van der Waals surface area contributed by atoms with Crippen molar-refractivity contribution in [2.45, 2.75) is 148 Å². The highest BCUT2D eigenvalue weighted by molar-refractivity contribution is 4.81. The van der Waals surface area contributed by atoms with Crippen LogP contribution in [0.1, 0.15) is 148 Å². The van der Waals surface area contributed by atoms with E-state index in [2.05, 4.69) is 25.1 Å². The molecule has 0 aromatic carbocycles. The van der Waals surface area contributed by atoms with E-state index in [1.807, 2.05) is 0 Å². The lowest BCUT2D eigenvalue weighted by Gasteiger charge is -2.02. The van der Waals surface area contributed by atoms with Crippen LogP contribution in [0.4, 0.5) is 0 Å². The summed E-state index contributed by atoms with van der Waals surface area (Å²) in [6, 6.07) is 2.22. The Kier molecular flexibility index (Phi) is 24.5. The fourth-order valence-corrected chi connectivity index (χ4v) is 3.69. The summed E-state index contributed by atoms with van der Waals surface area (Å²) in [7, 11) is 0. The van der Waals surface area contributed by atoms with Crippen molar-refractivity contribution in [3.8, 4) is 6.07 Å². The second-order valence-corrected chi connectivity index (χ2v) is 8.32. The first-order valence-electron chi connectivity index (χ1n) is 12.4. The molecular formula is C26H49N. The van der Waals surface area contributed by atoms with Gasteiger partial charge in [-0.2, -0.15) is 5.26 Å². The van der Waals surface area contributed by atoms with Crippen molar-refractivity contribution in [3.05, 3.63) is 12.2 Å². The summed E-state index contributed by atoms with van der Waals surface area (Å²) in [4.78, 5) is 0. The Labute approximate surface area is 172 Å². The predicted octanol–water partition coefficient (Wildman–Crippen LogP) is 9.67. The van der Waals surface area contributed by atoms with Crippen molar-refractivity contribution < 1.29 is 0 Å². The zero-order valence-corrected chi connectivity index (χ0v) is 18.7. The fraction of sp³-hybridized carbons (Fsp3) is 0.885. The molecule has 0 aromatic rings. The van der Waals surface area contributed by atoms with Crippen LogP contribution < -0.4 is 0 Å². The summed E-state index contributed by atoms with van der Waals surface area (Å²) in [5.74, 6) is 0. The van der Waals surface area contributed by atoms with Crippen molar-refractivity contribution in [2.75, 3.05) is 0 Å². The van der Waals surface area contributed by atoms with Crippen LogP contribution in [0.25, 0.3) is 0 Å². The van der Waals surface area contributed by atoms with Gasteiger partial charge in [-0.15, -0.1) is 0 Å². The van der Waals surface area contributed by atoms with Crippen molar-refractivity contribution in [3.63, 3.8) is 0 Å². The molecule has 0 aromatic heterocycles. The Morgan fingerprint density at radius 3 is 1.19 bits per heavy atom. The maximum absolute atomic E-state index is 8.48. The van der Waals surface area contributed by atoms with Gasteiger partial charge in [0.25, 0.3) is 0 Å². The molecule has 0 aliphatic carbocycles. The first-order valence-corrected chi connectivity index (χ1v) is 12.4. The molecule has 0 spiro atoms. The van der Waals surface area contributed by atoms with Crippen LogP contribution in [-0.2, 0) is 0 Å². The summed E-state index contributed by atoms with van der Waals surface area (Å²) >= 11 is 0. The highest BCUT2D eigenvalue weighted by Gasteiger charge is 1.94. The van der Waals surface area contributed by atoms with Crippen LogP contribution in [0.5, 0.6) is 0 Å². The summed E-state index contributed by atoms with van der Waals surface area (Å²) in [6.45, 7) is 2.29. The second kappa shape index (κ2) is 25.2. The molecule has 0 aliphatic rings. The number of unbranched alkanes of at least 4 members (excludes halogenated alkanes) is 20. The van der Waals surface area contributed by atoms with Gasteiger partial charge >= 0.3 is 0 Å². The van der Waals surface area contributed by atoms with Gasteiger partial charge in [0.05, 0.1) is 6.07 Å². The van der Waals surface area contributed by atoms with E-state index < -0.39 is 0 Å². The summed E-state index contributed by atoms with van der Waals surface area (Å²) in [5, 5.41) is 8.48. The van der Waals surface area contributed by atoms with E-state index in [0.29, 0.717) is 0 Å². The lowest BCUT2D eigenvalue weighted by molar-refractivity contribution is 0.536. The SMILES string of the molecule is CCCCCCCCCCCCCCCC/C=C/CCCCCCCC#N. The zero-order chi connectivity index (χ0) is 19.7. The lowest BCUT2D eigenvalue weighted by atomic mass is 10.0. The molecule has 1 heteroatoms. The molecule has 0 saturated carbocycles. The number of nitriles is 1. The van der Waals surface area contributed by atoms with Crippen LogP contribution in [0.2, 0.25) is 0 Å². The minimum atomic E-state index is 0.735. The maximum atomic E-state index is 8.48. The van der Waals surface area contributed by atoms with E-state index >= 15 is 0 Å². The molecule has 0 saturated heterocycles. The third-order valence-electron chi connectivity index (χ3n) is 5.55. The van der Waals surface area contributed by atoms with E-state index in [9.17, 15) is 0 Å². The Hall–Kier alpha value is -0.770. The molecule has 27 heavy (non-hydrogen) atoms. The summed E-state index contributed by atoms with van der Waals surface area (Å²) in [6.07, 6.45) is 34.5. The molecule has 158 valence electrons. The number of hydrogen-bond acceptors (Lipinski definition) is 1. The number of rotatable bonds is 22. The molecule has 0 N–H and O–H groups in total. The first-order chi connectivity index (χ1) is 13.4. The third-order valence-corrected chi connectivity index (χ3v) is 5.55. The Morgan fingerprint density at radius 2 is 0.815 bits per heavy atom. The normalized spacial score (nSPS) is 11.3. The second-order valence-electron chi connectivity index (χ2n) is 8.32. The average molecular weight is 376 g/mol. The fourth-order valence-electron chi connectivity index (χ4n) is 3.69. The van der Waals surface area contributed by atoms with E-state index in [0.717, 1.165) is 12.8 Å². The first kappa shape index (κ1) is 26.2. The van der Waals surface area contributed by atoms with E-state index in [4.69, 9.17) is 5.26 Å². The quantitative estimate of drug-likeness (QED) is 0.136. The van der Waals surface area contributed by atoms with Crippen molar-refractivity contribution >= 4 is 0 Å². The minimum absolute atomic E-state index is 0.735. The van der Waals surface area contributed by atoms with Crippen molar-refractivity contribution in [1.82, 2.24) is 0 Å². The monoisotopic (exact) mass is 375 g/mol. The molecule has 0 atom stereocenters. The number of allylic oxidation sites excluding steroid dienone is 2. The van der Waals surface area contributed by atoms with Gasteiger partial charge in [-0.05, 0) is 32.1 Å². The van der Waals surface area contributed by atoms with Gasteiger partial charge in [0.1, 0.15) is 0 Å². The molecule has 0 amide bonds. The van der Waals surface area contributed by atoms with Gasteiger partial charge in [0, 0.05) is 6.42 Å². The largest absolute Gasteiger partial charge is 0.198 e. The maximum Gasteiger partial charge on any atom is 0.0621 e. The van der Waals surface area contributed by atoms with Gasteiger partial charge in [-0.25, -0.2) is 0 Å². The Bertz CT molecular complexity index is 326. The molecular weight excluding hydrogens is 326 g/mol. The summed E-state index contributed by atoms with van der Waals surface area (Å²) < 4.78 is 0. The Morgan fingerprint density at radius 1 is 0.481 bits per heavy atom. The Balaban J connectivity index is 3.05. The molecule has 0 radical (unpaired) electrons. The standard InChI is InChI=1S/C26H49N/c1-2-3-4-5-6-7-8-9-10-11-12-13-14-15-16-17-18-19-20-21-22-23-24-25-26-27/h17-18H,2-16,19-25H2,1H3/b18-17+. The molecule has 0 unspecified atom stereocenters. The zero-order valence-electron chi connectivity index (χ0n) is 18.7. The van der Waals surface area contributed by atoms with Crippen LogP contribution in [-0.4, -0.2) is 0 Å². The van der Waals surface area contributed by atoms with Gasteiger partial charge in [-0.1, -0.05) is 122 Å². The number of hydrogen-bond donors (Lipinski definition) is 0. The average Bonchev–Trinajstić information content (AvgIpc) is 2.68. The topological polar surface area (TPSA) is 23.8 Å². The predicted molar refractivity (Wildman–Crippen MR) is 122 cm³/mol. The molecule has 0 aliphatic heterocycles. The number of nitrogens with zero attached hydrogens (tertiary/aromatic N) is 1. The molecule has 0 fully saturated rings. The van der Waals surface area contributed by atoms with Gasteiger partial charge in [-0.3, -0.25) is 0 Å². The third kappa shape index (κ3) is 25.2. The van der Waals surface area contributed by atoms with E-state index in [-0.39, 0.29) is 0 Å². The van der Waals surface area contributed by atoms with Gasteiger partial charge in [0.15, 0.2) is 0 Å². The highest BCUT2D eigenvalue weighted by atomic mass is 14.2. The van der Waals surface area contributed by atoms with E-state index in [1.165, 1.54) is 128 Å². The summed E-state index contributed by atoms with van der Waals surface area (Å²) in [5.41, 5.74) is 0. The van der Waals surface area contributed by atoms with Crippen molar-refractivity contribution in [2.24, 2.45) is 0 Å². The molecule has 0 rings (SSSR count). The van der Waals surface area contributed by atoms with Crippen LogP contribution in [0, 0.1) is 11.3 Å².